The van der Waals surface area contributed by atoms with Gasteiger partial charge in [0.25, 0.3) is 0 Å². The van der Waals surface area contributed by atoms with Crippen LogP contribution in [0.25, 0.3) is 0 Å². The molecule has 30 heavy (non-hydrogen) atoms. The molecule has 0 unspecified atom stereocenters. The van der Waals surface area contributed by atoms with Gasteiger partial charge in [-0.15, -0.1) is 0 Å². The van der Waals surface area contributed by atoms with Gasteiger partial charge in [0.15, 0.2) is 0 Å². The predicted molar refractivity (Wildman–Crippen MR) is 126 cm³/mol. The third-order valence-corrected chi connectivity index (χ3v) is 4.62. The largest absolute Gasteiger partial charge is 0.340 e. The number of hydrogen-bond donors (Lipinski definition) is 0. The minimum atomic E-state index is 0.884. The van der Waals surface area contributed by atoms with E-state index in [1.165, 1.54) is 0 Å². The second-order valence-corrected chi connectivity index (χ2v) is 6.68. The molecule has 4 rings (SSSR count). The lowest BCUT2D eigenvalue weighted by Gasteiger charge is -2.24. The van der Waals surface area contributed by atoms with Crippen molar-refractivity contribution in [3.8, 4) is 0 Å². The summed E-state index contributed by atoms with van der Waals surface area (Å²) in [7, 11) is 1.67. The lowest BCUT2D eigenvalue weighted by Crippen LogP contribution is -2.18. The Morgan fingerprint density at radius 2 is 1.10 bits per heavy atom. The summed E-state index contributed by atoms with van der Waals surface area (Å²) in [6.07, 6.45) is 0. The van der Waals surface area contributed by atoms with Gasteiger partial charge < -0.3 is 4.76 Å². The molecule has 4 heteroatoms. The minimum Gasteiger partial charge on any atom is -0.340 e. The van der Waals surface area contributed by atoms with E-state index in [-0.39, 0.29) is 0 Å². The standard InChI is InChI=1S/C26H22BN2O/c1-27-30-29(24-15-9-4-10-16-24)25-19-17-23(18-20-25)28-26(21-11-5-2-6-12-21)22-13-7-3-8-14-22/h2-20H,1H3. The molecule has 0 aliphatic carbocycles. The maximum Gasteiger partial charge on any atom is 0.331 e. The Morgan fingerprint density at radius 1 is 0.633 bits per heavy atom. The van der Waals surface area contributed by atoms with Crippen LogP contribution in [-0.4, -0.2) is 13.2 Å². The van der Waals surface area contributed by atoms with Crippen LogP contribution < -0.4 is 5.06 Å². The van der Waals surface area contributed by atoms with Crippen LogP contribution in [0.1, 0.15) is 11.1 Å². The van der Waals surface area contributed by atoms with Gasteiger partial charge in [-0.1, -0.05) is 85.7 Å². The molecular weight excluding hydrogens is 367 g/mol. The number of nitrogens with zero attached hydrogens (tertiary/aromatic N) is 2. The Morgan fingerprint density at radius 3 is 1.60 bits per heavy atom. The van der Waals surface area contributed by atoms with E-state index in [0.717, 1.165) is 33.9 Å². The van der Waals surface area contributed by atoms with Crippen LogP contribution in [0.5, 0.6) is 0 Å². The third kappa shape index (κ3) is 4.67. The highest BCUT2D eigenvalue weighted by Gasteiger charge is 2.10. The molecule has 1 radical (unpaired) electrons. The van der Waals surface area contributed by atoms with E-state index in [9.17, 15) is 0 Å². The first-order valence-electron chi connectivity index (χ1n) is 9.94. The number of aliphatic imine (C=N–C) groups is 1. The molecule has 0 fully saturated rings. The average molecular weight is 389 g/mol. The van der Waals surface area contributed by atoms with Crippen LogP contribution in [0, 0.1) is 0 Å². The Bertz CT molecular complexity index is 1040. The molecule has 0 spiro atoms. The van der Waals surface area contributed by atoms with Gasteiger partial charge in [-0.05, 0) is 36.4 Å². The van der Waals surface area contributed by atoms with Gasteiger partial charge >= 0.3 is 7.48 Å². The fourth-order valence-electron chi connectivity index (χ4n) is 3.22. The first-order valence-corrected chi connectivity index (χ1v) is 9.94. The van der Waals surface area contributed by atoms with Crippen LogP contribution in [0.2, 0.25) is 6.82 Å². The molecule has 0 aliphatic heterocycles. The van der Waals surface area contributed by atoms with E-state index in [4.69, 9.17) is 9.75 Å². The highest BCUT2D eigenvalue weighted by atomic mass is 16.6. The van der Waals surface area contributed by atoms with Gasteiger partial charge in [0.2, 0.25) is 0 Å². The summed E-state index contributed by atoms with van der Waals surface area (Å²) in [6.45, 7) is 1.86. The van der Waals surface area contributed by atoms with Crippen molar-refractivity contribution in [2.75, 3.05) is 5.06 Å². The predicted octanol–water partition coefficient (Wildman–Crippen LogP) is 6.59. The molecule has 0 bridgehead atoms. The molecule has 0 saturated carbocycles. The smallest absolute Gasteiger partial charge is 0.331 e. The van der Waals surface area contributed by atoms with Crippen molar-refractivity contribution in [3.05, 3.63) is 126 Å². The Labute approximate surface area is 178 Å². The first-order chi connectivity index (χ1) is 14.8. The number of rotatable bonds is 7. The first kappa shape index (κ1) is 19.7. The normalized spacial score (nSPS) is 10.3. The van der Waals surface area contributed by atoms with Gasteiger partial charge in [0, 0.05) is 11.1 Å². The van der Waals surface area contributed by atoms with Crippen LogP contribution in [0.4, 0.5) is 17.1 Å². The molecule has 0 atom stereocenters. The highest BCUT2D eigenvalue weighted by molar-refractivity contribution is 6.25. The van der Waals surface area contributed by atoms with Gasteiger partial charge in [-0.2, -0.15) is 0 Å². The lowest BCUT2D eigenvalue weighted by molar-refractivity contribution is 0.346. The number of benzene rings is 4. The quantitative estimate of drug-likeness (QED) is 0.202. The van der Waals surface area contributed by atoms with Gasteiger partial charge in [-0.25, -0.2) is 10.1 Å². The molecule has 4 aromatic rings. The third-order valence-electron chi connectivity index (χ3n) is 4.62. The summed E-state index contributed by atoms with van der Waals surface area (Å²) >= 11 is 0. The lowest BCUT2D eigenvalue weighted by atomic mass is 10.0. The zero-order valence-electron chi connectivity index (χ0n) is 16.8. The number of para-hydroxylation sites is 1. The molecule has 0 saturated heterocycles. The van der Waals surface area contributed by atoms with Gasteiger partial charge in [0.05, 0.1) is 22.8 Å². The summed E-state index contributed by atoms with van der Waals surface area (Å²) in [5, 5.41) is 1.79. The van der Waals surface area contributed by atoms with E-state index in [1.54, 1.807) is 12.5 Å². The Balaban J connectivity index is 1.69. The van der Waals surface area contributed by atoms with Crippen LogP contribution >= 0.6 is 0 Å². The Hall–Kier alpha value is -3.63. The fraction of sp³-hybridized carbons (Fsp3) is 0.0385. The SMILES string of the molecule is C[B]ON(c1ccccc1)c1ccc(N=C(c2ccccc2)c2ccccc2)cc1. The molecule has 0 heterocycles. The van der Waals surface area contributed by atoms with Gasteiger partial charge in [-0.3, -0.25) is 0 Å². The van der Waals surface area contributed by atoms with Crippen molar-refractivity contribution in [2.24, 2.45) is 4.99 Å². The molecule has 3 nitrogen and oxygen atoms in total. The minimum absolute atomic E-state index is 0.884. The van der Waals surface area contributed by atoms with E-state index < -0.39 is 0 Å². The zero-order valence-corrected chi connectivity index (χ0v) is 16.8. The van der Waals surface area contributed by atoms with Crippen molar-refractivity contribution >= 4 is 30.3 Å². The summed E-state index contributed by atoms with van der Waals surface area (Å²) in [5.74, 6) is 0. The summed E-state index contributed by atoms with van der Waals surface area (Å²) in [5.41, 5.74) is 5.89. The van der Waals surface area contributed by atoms with E-state index in [2.05, 4.69) is 24.3 Å². The van der Waals surface area contributed by atoms with Crippen molar-refractivity contribution in [1.29, 1.82) is 0 Å². The molecule has 145 valence electrons. The monoisotopic (exact) mass is 389 g/mol. The zero-order chi connectivity index (χ0) is 20.6. The summed E-state index contributed by atoms with van der Waals surface area (Å²) < 4.78 is 5.75. The maximum atomic E-state index is 5.75. The maximum absolute atomic E-state index is 5.75. The van der Waals surface area contributed by atoms with E-state index in [1.807, 2.05) is 97.8 Å². The molecule has 0 aromatic heterocycles. The number of anilines is 2. The van der Waals surface area contributed by atoms with Crippen LogP contribution in [0.15, 0.2) is 120 Å². The molecule has 0 N–H and O–H groups in total. The molecule has 0 amide bonds. The van der Waals surface area contributed by atoms with Crippen LogP contribution in [-0.2, 0) is 4.76 Å². The van der Waals surface area contributed by atoms with Crippen molar-refractivity contribution in [3.63, 3.8) is 0 Å². The Kier molecular flexibility index (Phi) is 6.38. The molecule has 4 aromatic carbocycles. The summed E-state index contributed by atoms with van der Waals surface area (Å²) in [6, 6.07) is 38.6. The van der Waals surface area contributed by atoms with Gasteiger partial charge in [0.1, 0.15) is 0 Å². The second kappa shape index (κ2) is 9.72. The van der Waals surface area contributed by atoms with E-state index >= 15 is 0 Å². The van der Waals surface area contributed by atoms with E-state index in [0.29, 0.717) is 0 Å². The fourth-order valence-corrected chi connectivity index (χ4v) is 3.22. The van der Waals surface area contributed by atoms with Crippen molar-refractivity contribution < 1.29 is 4.76 Å². The summed E-state index contributed by atoms with van der Waals surface area (Å²) in [4.78, 5) is 4.97. The number of hydrogen-bond acceptors (Lipinski definition) is 3. The second-order valence-electron chi connectivity index (χ2n) is 6.68. The topological polar surface area (TPSA) is 24.8 Å². The molecular formula is C26H22BN2O. The average Bonchev–Trinajstić information content (AvgIpc) is 2.83. The van der Waals surface area contributed by atoms with Crippen molar-refractivity contribution in [1.82, 2.24) is 0 Å². The molecule has 0 aliphatic rings. The van der Waals surface area contributed by atoms with Crippen LogP contribution in [0.3, 0.4) is 0 Å². The van der Waals surface area contributed by atoms with Crippen molar-refractivity contribution in [2.45, 2.75) is 6.82 Å². The highest BCUT2D eigenvalue weighted by Crippen LogP contribution is 2.28.